The van der Waals surface area contributed by atoms with E-state index in [9.17, 15) is 5.26 Å². The average molecular weight is 365 g/mol. The molecule has 0 unspecified atom stereocenters. The van der Waals surface area contributed by atoms with Crippen LogP contribution in [0, 0.1) is 31.1 Å². The second-order valence-corrected chi connectivity index (χ2v) is 6.91. The van der Waals surface area contributed by atoms with E-state index in [1.807, 2.05) is 44.2 Å². The Balaban J connectivity index is 1.72. The molecule has 0 bridgehead atoms. The second kappa shape index (κ2) is 8.00. The highest BCUT2D eigenvalue weighted by molar-refractivity contribution is 5.54. The van der Waals surface area contributed by atoms with E-state index < -0.39 is 0 Å². The zero-order valence-electron chi connectivity index (χ0n) is 16.0. The van der Waals surface area contributed by atoms with Gasteiger partial charge in [-0.1, -0.05) is 26.0 Å². The van der Waals surface area contributed by atoms with Gasteiger partial charge >= 0.3 is 0 Å². The van der Waals surface area contributed by atoms with Crippen molar-refractivity contribution in [2.24, 2.45) is 5.92 Å². The fourth-order valence-electron chi connectivity index (χ4n) is 2.50. The third-order valence-corrected chi connectivity index (χ3v) is 3.99. The number of anilines is 1. The third-order valence-electron chi connectivity index (χ3n) is 3.99. The van der Waals surface area contributed by atoms with Crippen LogP contribution in [-0.2, 0) is 6.61 Å². The number of hydrogen-bond acceptors (Lipinski definition) is 6. The first-order valence-electron chi connectivity index (χ1n) is 8.90. The first-order chi connectivity index (χ1) is 13.0. The number of aryl methyl sites for hydroxylation is 2. The molecule has 0 saturated carbocycles. The minimum atomic E-state index is 0.218. The van der Waals surface area contributed by atoms with Gasteiger partial charge in [-0.2, -0.15) is 10.2 Å². The molecule has 0 aliphatic heterocycles. The van der Waals surface area contributed by atoms with E-state index in [-0.39, 0.29) is 11.6 Å². The SMILES string of the molecule is Cc1ccc(C)c(OCc2ccc(-c3nc(C#N)c(NCC(C)C)o3)o2)c1. The van der Waals surface area contributed by atoms with E-state index in [1.165, 1.54) is 0 Å². The number of nitrogens with one attached hydrogen (secondary N) is 1. The van der Waals surface area contributed by atoms with Crippen LogP contribution in [0.3, 0.4) is 0 Å². The molecule has 0 aliphatic rings. The summed E-state index contributed by atoms with van der Waals surface area (Å²) in [5.74, 6) is 3.00. The molecular weight excluding hydrogens is 342 g/mol. The fourth-order valence-corrected chi connectivity index (χ4v) is 2.50. The van der Waals surface area contributed by atoms with Crippen molar-refractivity contribution in [3.05, 3.63) is 52.9 Å². The zero-order chi connectivity index (χ0) is 19.4. The van der Waals surface area contributed by atoms with Crippen molar-refractivity contribution in [3.8, 4) is 23.5 Å². The minimum absolute atomic E-state index is 0.218. The summed E-state index contributed by atoms with van der Waals surface area (Å²) in [4.78, 5) is 4.21. The van der Waals surface area contributed by atoms with Gasteiger partial charge in [0.15, 0.2) is 5.76 Å². The maximum atomic E-state index is 9.24. The molecule has 2 heterocycles. The Morgan fingerprint density at radius 2 is 2.00 bits per heavy atom. The smallest absolute Gasteiger partial charge is 0.266 e. The van der Waals surface area contributed by atoms with E-state index in [2.05, 4.69) is 24.1 Å². The van der Waals surface area contributed by atoms with Crippen molar-refractivity contribution < 1.29 is 13.6 Å². The topological polar surface area (TPSA) is 84.2 Å². The molecule has 3 aromatic rings. The molecule has 0 aliphatic carbocycles. The van der Waals surface area contributed by atoms with Gasteiger partial charge in [0.1, 0.15) is 24.2 Å². The van der Waals surface area contributed by atoms with Crippen molar-refractivity contribution >= 4 is 5.88 Å². The Hall–Kier alpha value is -3.20. The predicted octanol–water partition coefficient (Wildman–Crippen LogP) is 5.07. The quantitative estimate of drug-likeness (QED) is 0.629. The number of aromatic nitrogens is 1. The molecule has 140 valence electrons. The summed E-state index contributed by atoms with van der Waals surface area (Å²) < 4.78 is 17.3. The Kier molecular flexibility index (Phi) is 5.51. The number of hydrogen-bond donors (Lipinski definition) is 1. The van der Waals surface area contributed by atoms with Crippen molar-refractivity contribution in [2.45, 2.75) is 34.3 Å². The maximum absolute atomic E-state index is 9.24. The summed E-state index contributed by atoms with van der Waals surface area (Å²) in [7, 11) is 0. The Morgan fingerprint density at radius 1 is 1.19 bits per heavy atom. The summed E-state index contributed by atoms with van der Waals surface area (Å²) >= 11 is 0. The van der Waals surface area contributed by atoms with Crippen LogP contribution >= 0.6 is 0 Å². The fraction of sp³-hybridized carbons (Fsp3) is 0.333. The normalized spacial score (nSPS) is 10.8. The maximum Gasteiger partial charge on any atom is 0.266 e. The third kappa shape index (κ3) is 4.50. The summed E-state index contributed by atoms with van der Waals surface area (Å²) in [6.45, 7) is 9.17. The van der Waals surface area contributed by atoms with Crippen LogP contribution in [0.4, 0.5) is 5.88 Å². The first kappa shape index (κ1) is 18.6. The molecule has 3 rings (SSSR count). The van der Waals surface area contributed by atoms with Crippen molar-refractivity contribution in [2.75, 3.05) is 11.9 Å². The van der Waals surface area contributed by atoms with Crippen LogP contribution < -0.4 is 10.1 Å². The highest BCUT2D eigenvalue weighted by Gasteiger charge is 2.17. The lowest BCUT2D eigenvalue weighted by Gasteiger charge is -2.08. The first-order valence-corrected chi connectivity index (χ1v) is 8.90. The lowest BCUT2D eigenvalue weighted by atomic mass is 10.1. The van der Waals surface area contributed by atoms with Crippen LogP contribution in [-0.4, -0.2) is 11.5 Å². The van der Waals surface area contributed by atoms with Gasteiger partial charge in [0.25, 0.3) is 5.89 Å². The number of nitriles is 1. The molecule has 0 fully saturated rings. The Morgan fingerprint density at radius 3 is 2.74 bits per heavy atom. The van der Waals surface area contributed by atoms with Crippen LogP contribution in [0.2, 0.25) is 0 Å². The monoisotopic (exact) mass is 365 g/mol. The Labute approximate surface area is 158 Å². The van der Waals surface area contributed by atoms with Crippen LogP contribution in [0.5, 0.6) is 5.75 Å². The largest absolute Gasteiger partial charge is 0.485 e. The van der Waals surface area contributed by atoms with Gasteiger partial charge < -0.3 is 18.9 Å². The van der Waals surface area contributed by atoms with Gasteiger partial charge in [-0.3, -0.25) is 0 Å². The van der Waals surface area contributed by atoms with Crippen molar-refractivity contribution in [1.82, 2.24) is 4.98 Å². The number of benzene rings is 1. The summed E-state index contributed by atoms with van der Waals surface area (Å²) in [6.07, 6.45) is 0. The molecule has 1 N–H and O–H groups in total. The van der Waals surface area contributed by atoms with E-state index in [0.717, 1.165) is 16.9 Å². The lowest BCUT2D eigenvalue weighted by Crippen LogP contribution is -2.08. The van der Waals surface area contributed by atoms with Crippen molar-refractivity contribution in [1.29, 1.82) is 5.26 Å². The van der Waals surface area contributed by atoms with E-state index in [4.69, 9.17) is 13.6 Å². The van der Waals surface area contributed by atoms with Crippen molar-refractivity contribution in [3.63, 3.8) is 0 Å². The number of rotatable bonds is 7. The van der Waals surface area contributed by atoms with Crippen LogP contribution in [0.1, 0.15) is 36.4 Å². The molecule has 1 aromatic carbocycles. The van der Waals surface area contributed by atoms with E-state index in [0.29, 0.717) is 36.5 Å². The lowest BCUT2D eigenvalue weighted by molar-refractivity contribution is 0.269. The zero-order valence-corrected chi connectivity index (χ0v) is 16.0. The summed E-state index contributed by atoms with van der Waals surface area (Å²) in [6, 6.07) is 11.7. The minimum Gasteiger partial charge on any atom is -0.485 e. The highest BCUT2D eigenvalue weighted by atomic mass is 16.5. The molecule has 0 atom stereocenters. The molecule has 0 saturated heterocycles. The molecule has 0 amide bonds. The van der Waals surface area contributed by atoms with Gasteiger partial charge in [0.05, 0.1) is 0 Å². The molecule has 27 heavy (non-hydrogen) atoms. The molecular formula is C21H23N3O3. The number of oxazole rings is 1. The van der Waals surface area contributed by atoms with Crippen LogP contribution in [0.25, 0.3) is 11.7 Å². The predicted molar refractivity (Wildman–Crippen MR) is 102 cm³/mol. The Bertz CT molecular complexity index is 963. The standard InChI is InChI=1S/C21H23N3O3/c1-13(2)11-23-20-17(10-22)24-21(27-20)18-8-7-16(26-18)12-25-19-9-14(3)5-6-15(19)4/h5-9,13,23H,11-12H2,1-4H3. The summed E-state index contributed by atoms with van der Waals surface area (Å²) in [5.41, 5.74) is 2.43. The average Bonchev–Trinajstić information content (AvgIpc) is 3.27. The molecule has 0 radical (unpaired) electrons. The van der Waals surface area contributed by atoms with E-state index in [1.54, 1.807) is 6.07 Å². The molecule has 2 aromatic heterocycles. The van der Waals surface area contributed by atoms with Gasteiger partial charge in [-0.25, -0.2) is 0 Å². The number of nitrogens with zero attached hydrogens (tertiary/aromatic N) is 2. The van der Waals surface area contributed by atoms with E-state index >= 15 is 0 Å². The summed E-state index contributed by atoms with van der Waals surface area (Å²) in [5, 5.41) is 12.3. The molecule has 6 nitrogen and oxygen atoms in total. The number of furan rings is 1. The van der Waals surface area contributed by atoms with Gasteiger partial charge in [0, 0.05) is 6.54 Å². The molecule has 0 spiro atoms. The van der Waals surface area contributed by atoms with Gasteiger partial charge in [0.2, 0.25) is 11.6 Å². The number of ether oxygens (including phenoxy) is 1. The second-order valence-electron chi connectivity index (χ2n) is 6.91. The van der Waals surface area contributed by atoms with Gasteiger partial charge in [-0.15, -0.1) is 0 Å². The highest BCUT2D eigenvalue weighted by Crippen LogP contribution is 2.28. The van der Waals surface area contributed by atoms with Gasteiger partial charge in [-0.05, 0) is 49.1 Å². The van der Waals surface area contributed by atoms with Crippen LogP contribution in [0.15, 0.2) is 39.2 Å². The molecule has 6 heteroatoms.